The van der Waals surface area contributed by atoms with Crippen LogP contribution < -0.4 is 10.3 Å². The maximum absolute atomic E-state index is 9.54. The van der Waals surface area contributed by atoms with E-state index in [1.807, 2.05) is 73.6 Å². The van der Waals surface area contributed by atoms with Crippen molar-refractivity contribution in [2.75, 3.05) is 24.4 Å². The molecule has 0 amide bonds. The van der Waals surface area contributed by atoms with Crippen molar-refractivity contribution in [1.29, 1.82) is 5.26 Å². The lowest BCUT2D eigenvalue weighted by Gasteiger charge is -2.11. The van der Waals surface area contributed by atoms with Crippen LogP contribution in [0.4, 0.5) is 11.5 Å². The van der Waals surface area contributed by atoms with Crippen molar-refractivity contribution in [3.8, 4) is 6.07 Å². The quantitative estimate of drug-likeness (QED) is 0.539. The number of nitrogens with zero attached hydrogens (tertiary/aromatic N) is 5. The minimum absolute atomic E-state index is 0.469. The summed E-state index contributed by atoms with van der Waals surface area (Å²) in [5, 5.41) is 13.8. The molecular weight excluding hydrogens is 336 g/mol. The topological polar surface area (TPSA) is 77.2 Å². The largest absolute Gasteiger partial charge is 0.378 e. The Labute approximate surface area is 158 Å². The molecule has 0 spiro atoms. The molecule has 0 aliphatic heterocycles. The van der Waals surface area contributed by atoms with E-state index in [4.69, 9.17) is 0 Å². The smallest absolute Gasteiger partial charge is 0.165 e. The Morgan fingerprint density at radius 3 is 2.48 bits per heavy atom. The lowest BCUT2D eigenvalue weighted by Crippen LogP contribution is -2.08. The summed E-state index contributed by atoms with van der Waals surface area (Å²) in [6.45, 7) is 0. The monoisotopic (exact) mass is 356 g/mol. The number of anilines is 2. The van der Waals surface area contributed by atoms with E-state index in [1.165, 1.54) is 0 Å². The third-order valence-electron chi connectivity index (χ3n) is 4.01. The molecule has 2 aromatic carbocycles. The Kier molecular flexibility index (Phi) is 5.75. The molecule has 0 saturated heterocycles. The second-order valence-corrected chi connectivity index (χ2v) is 6.16. The predicted octanol–water partition coefficient (Wildman–Crippen LogP) is 3.64. The first-order valence-electron chi connectivity index (χ1n) is 8.50. The predicted molar refractivity (Wildman–Crippen MR) is 108 cm³/mol. The van der Waals surface area contributed by atoms with Gasteiger partial charge in [0.15, 0.2) is 5.82 Å². The van der Waals surface area contributed by atoms with Crippen molar-refractivity contribution >= 4 is 17.7 Å². The lowest BCUT2D eigenvalue weighted by molar-refractivity contribution is 0.941. The van der Waals surface area contributed by atoms with Gasteiger partial charge in [-0.05, 0) is 23.3 Å². The Hall–Kier alpha value is -3.72. The van der Waals surface area contributed by atoms with Gasteiger partial charge in [-0.2, -0.15) is 10.4 Å². The summed E-state index contributed by atoms with van der Waals surface area (Å²) in [6, 6.07) is 19.9. The number of hydrogen-bond donors (Lipinski definition) is 1. The molecule has 134 valence electrons. The number of aromatic nitrogens is 2. The molecule has 1 atom stereocenters. The Morgan fingerprint density at radius 1 is 1.07 bits per heavy atom. The van der Waals surface area contributed by atoms with Gasteiger partial charge < -0.3 is 4.90 Å². The molecule has 0 saturated carbocycles. The van der Waals surface area contributed by atoms with E-state index in [0.717, 1.165) is 16.8 Å². The first-order valence-corrected chi connectivity index (χ1v) is 8.50. The van der Waals surface area contributed by atoms with Crippen LogP contribution >= 0.6 is 0 Å². The van der Waals surface area contributed by atoms with E-state index in [9.17, 15) is 5.26 Å². The van der Waals surface area contributed by atoms with E-state index >= 15 is 0 Å². The lowest BCUT2D eigenvalue weighted by atomic mass is 9.98. The summed E-state index contributed by atoms with van der Waals surface area (Å²) < 4.78 is 0. The van der Waals surface area contributed by atoms with Crippen LogP contribution in [0.2, 0.25) is 0 Å². The standard InChI is InChI=1S/C21H20N6/c1-27(2)18-10-8-16(9-11-18)13-24-26-21-15-23-14-20(25-21)19(12-22)17-6-4-3-5-7-17/h3-11,13-15,19H,1-2H3,(H,25,26)/t19-/m0/s1. The maximum atomic E-state index is 9.54. The zero-order chi connectivity index (χ0) is 19.1. The average molecular weight is 356 g/mol. The van der Waals surface area contributed by atoms with Gasteiger partial charge in [-0.3, -0.25) is 10.4 Å². The maximum Gasteiger partial charge on any atom is 0.165 e. The highest BCUT2D eigenvalue weighted by molar-refractivity contribution is 5.80. The van der Waals surface area contributed by atoms with Gasteiger partial charge in [-0.15, -0.1) is 0 Å². The molecule has 6 nitrogen and oxygen atoms in total. The fourth-order valence-corrected chi connectivity index (χ4v) is 2.56. The van der Waals surface area contributed by atoms with Gasteiger partial charge in [0.1, 0.15) is 5.92 Å². The Balaban J connectivity index is 1.71. The summed E-state index contributed by atoms with van der Waals surface area (Å²) in [7, 11) is 4.00. The van der Waals surface area contributed by atoms with Crippen molar-refractivity contribution in [3.05, 3.63) is 83.8 Å². The molecule has 0 aliphatic carbocycles. The molecule has 0 bridgehead atoms. The highest BCUT2D eigenvalue weighted by Crippen LogP contribution is 2.22. The van der Waals surface area contributed by atoms with Crippen molar-refractivity contribution in [3.63, 3.8) is 0 Å². The summed E-state index contributed by atoms with van der Waals surface area (Å²) in [4.78, 5) is 10.7. The molecule has 0 unspecified atom stereocenters. The van der Waals surface area contributed by atoms with Crippen LogP contribution in [0.25, 0.3) is 0 Å². The average Bonchev–Trinajstić information content (AvgIpc) is 2.70. The molecule has 3 rings (SSSR count). The molecule has 27 heavy (non-hydrogen) atoms. The molecule has 0 aliphatic rings. The molecular formula is C21H20N6. The number of rotatable bonds is 6. The van der Waals surface area contributed by atoms with Gasteiger partial charge in [-0.1, -0.05) is 42.5 Å². The summed E-state index contributed by atoms with van der Waals surface area (Å²) >= 11 is 0. The van der Waals surface area contributed by atoms with E-state index in [2.05, 4.69) is 26.6 Å². The molecule has 0 radical (unpaired) electrons. The van der Waals surface area contributed by atoms with Gasteiger partial charge in [0.05, 0.1) is 30.4 Å². The number of nitrogens with one attached hydrogen (secondary N) is 1. The first kappa shape index (κ1) is 18.1. The second-order valence-electron chi connectivity index (χ2n) is 6.16. The molecule has 1 N–H and O–H groups in total. The van der Waals surface area contributed by atoms with E-state index in [-0.39, 0.29) is 0 Å². The second kappa shape index (κ2) is 8.59. The fourth-order valence-electron chi connectivity index (χ4n) is 2.56. The van der Waals surface area contributed by atoms with Crippen molar-refractivity contribution in [2.45, 2.75) is 5.92 Å². The summed E-state index contributed by atoms with van der Waals surface area (Å²) in [5.74, 6) is 0.0212. The zero-order valence-electron chi connectivity index (χ0n) is 15.2. The van der Waals surface area contributed by atoms with Crippen molar-refractivity contribution < 1.29 is 0 Å². The van der Waals surface area contributed by atoms with Crippen LogP contribution in [-0.4, -0.2) is 30.3 Å². The van der Waals surface area contributed by atoms with Gasteiger partial charge >= 0.3 is 0 Å². The van der Waals surface area contributed by atoms with Crippen molar-refractivity contribution in [2.24, 2.45) is 5.10 Å². The van der Waals surface area contributed by atoms with E-state index in [0.29, 0.717) is 11.5 Å². The number of hydrogen-bond acceptors (Lipinski definition) is 6. The number of nitriles is 1. The van der Waals surface area contributed by atoms with E-state index < -0.39 is 5.92 Å². The highest BCUT2D eigenvalue weighted by Gasteiger charge is 2.15. The van der Waals surface area contributed by atoms with Crippen LogP contribution in [0, 0.1) is 11.3 Å². The van der Waals surface area contributed by atoms with Gasteiger partial charge in [0.2, 0.25) is 0 Å². The third-order valence-corrected chi connectivity index (χ3v) is 4.01. The minimum Gasteiger partial charge on any atom is -0.378 e. The fraction of sp³-hybridized carbons (Fsp3) is 0.143. The number of hydrazone groups is 1. The summed E-state index contributed by atoms with van der Waals surface area (Å²) in [5.41, 5.74) is 6.44. The van der Waals surface area contributed by atoms with Crippen LogP contribution in [0.1, 0.15) is 22.7 Å². The molecule has 6 heteroatoms. The van der Waals surface area contributed by atoms with Crippen LogP contribution in [-0.2, 0) is 0 Å². The molecule has 1 aromatic heterocycles. The first-order chi connectivity index (χ1) is 13.2. The van der Waals surface area contributed by atoms with Crippen LogP contribution in [0.5, 0.6) is 0 Å². The third kappa shape index (κ3) is 4.67. The Morgan fingerprint density at radius 2 is 1.81 bits per heavy atom. The van der Waals surface area contributed by atoms with Crippen molar-refractivity contribution in [1.82, 2.24) is 9.97 Å². The molecule has 1 heterocycles. The highest BCUT2D eigenvalue weighted by atomic mass is 15.3. The molecule has 3 aromatic rings. The van der Waals surface area contributed by atoms with E-state index in [1.54, 1.807) is 18.6 Å². The normalized spacial score (nSPS) is 11.7. The van der Waals surface area contributed by atoms with Crippen LogP contribution in [0.3, 0.4) is 0 Å². The zero-order valence-corrected chi connectivity index (χ0v) is 15.2. The minimum atomic E-state index is -0.469. The number of benzene rings is 2. The Bertz CT molecular complexity index is 942. The van der Waals surface area contributed by atoms with Gasteiger partial charge in [-0.25, -0.2) is 4.98 Å². The molecule has 0 fully saturated rings. The SMILES string of the molecule is CN(C)c1ccc(C=NNc2cncc([C@@H](C#N)c3ccccc3)n2)cc1. The summed E-state index contributed by atoms with van der Waals surface area (Å²) in [6.07, 6.45) is 4.90. The van der Waals surface area contributed by atoms with Crippen LogP contribution in [0.15, 0.2) is 72.1 Å². The van der Waals surface area contributed by atoms with Gasteiger partial charge in [0, 0.05) is 19.8 Å². The van der Waals surface area contributed by atoms with Gasteiger partial charge in [0.25, 0.3) is 0 Å².